The molecule has 0 aliphatic rings. The molecule has 2 nitrogen and oxygen atoms in total. The zero-order valence-corrected chi connectivity index (χ0v) is 16.8. The first kappa shape index (κ1) is 18.4. The summed E-state index contributed by atoms with van der Waals surface area (Å²) in [6, 6.07) is 31.9. The fraction of sp³-hybridized carbons (Fsp3) is 0.217. The van der Waals surface area contributed by atoms with Crippen molar-refractivity contribution >= 4 is 14.0 Å². The molecule has 0 fully saturated rings. The Hall–Kier alpha value is -2.36. The highest BCUT2D eigenvalue weighted by Crippen LogP contribution is 2.32. The quantitative estimate of drug-likeness (QED) is 0.364. The summed E-state index contributed by atoms with van der Waals surface area (Å²) in [5.74, 6) is 0. The van der Waals surface area contributed by atoms with E-state index in [0.29, 0.717) is 0 Å². The summed E-state index contributed by atoms with van der Waals surface area (Å²) in [5.41, 5.74) is 3.67. The Morgan fingerprint density at radius 2 is 1.23 bits per heavy atom. The fourth-order valence-electron chi connectivity index (χ4n) is 3.01. The molecular formula is C23H27NOSi. The second-order valence-electron chi connectivity index (χ2n) is 7.48. The maximum Gasteiger partial charge on any atom is 0.220 e. The zero-order chi connectivity index (χ0) is 18.4. The van der Waals surface area contributed by atoms with Crippen LogP contribution in [0, 0.1) is 0 Å². The molecule has 26 heavy (non-hydrogen) atoms. The molecule has 0 heterocycles. The third-order valence-electron chi connectivity index (χ3n) is 4.12. The molecule has 0 saturated carbocycles. The lowest BCUT2D eigenvalue weighted by Gasteiger charge is -2.37. The lowest BCUT2D eigenvalue weighted by Crippen LogP contribution is -2.40. The summed E-state index contributed by atoms with van der Waals surface area (Å²) < 4.78 is 6.58. The monoisotopic (exact) mass is 361 g/mol. The van der Waals surface area contributed by atoms with Gasteiger partial charge in [0.2, 0.25) is 8.32 Å². The number of hydroxylamine groups is 1. The van der Waals surface area contributed by atoms with Crippen LogP contribution in [0.25, 0.3) is 0 Å². The molecule has 1 atom stereocenters. The fourth-order valence-corrected chi connectivity index (χ4v) is 3.84. The summed E-state index contributed by atoms with van der Waals surface area (Å²) in [5, 5.41) is 2.13. The van der Waals surface area contributed by atoms with Crippen LogP contribution in [0.1, 0.15) is 17.2 Å². The van der Waals surface area contributed by atoms with Crippen molar-refractivity contribution in [2.45, 2.75) is 32.1 Å². The largest absolute Gasteiger partial charge is 0.320 e. The number of benzene rings is 3. The van der Waals surface area contributed by atoms with Crippen LogP contribution >= 0.6 is 0 Å². The van der Waals surface area contributed by atoms with Crippen LogP contribution in [0.5, 0.6) is 0 Å². The molecule has 0 bridgehead atoms. The van der Waals surface area contributed by atoms with Gasteiger partial charge in [0.25, 0.3) is 0 Å². The lowest BCUT2D eigenvalue weighted by atomic mass is 9.98. The van der Waals surface area contributed by atoms with Crippen LogP contribution in [0.3, 0.4) is 0 Å². The number of nitrogens with zero attached hydrogens (tertiary/aromatic N) is 1. The van der Waals surface area contributed by atoms with Crippen LogP contribution in [-0.4, -0.2) is 8.32 Å². The van der Waals surface area contributed by atoms with Crippen LogP contribution < -0.4 is 5.06 Å². The summed E-state index contributed by atoms with van der Waals surface area (Å²) in [6.45, 7) is 6.69. The standard InChI is InChI=1S/C23H27NOSi/c1-26(2,3)25-24(22-17-11-6-12-18-22)23(21-15-9-5-10-16-21)19-20-13-7-4-8-14-20/h4-18,23H,19H2,1-3H3. The van der Waals surface area contributed by atoms with Crippen molar-refractivity contribution in [3.8, 4) is 0 Å². The van der Waals surface area contributed by atoms with Gasteiger partial charge in [0, 0.05) is 0 Å². The summed E-state index contributed by atoms with van der Waals surface area (Å²) in [7, 11) is -1.79. The Bertz CT molecular complexity index is 785. The Labute approximate surface area is 158 Å². The molecule has 0 aromatic heterocycles. The molecule has 0 aliphatic carbocycles. The highest BCUT2D eigenvalue weighted by molar-refractivity contribution is 6.69. The predicted octanol–water partition coefficient (Wildman–Crippen LogP) is 6.24. The van der Waals surface area contributed by atoms with Gasteiger partial charge in [-0.05, 0) is 49.3 Å². The summed E-state index contributed by atoms with van der Waals surface area (Å²) in [6.07, 6.45) is 0.893. The molecule has 3 heteroatoms. The van der Waals surface area contributed by atoms with E-state index in [0.717, 1.165) is 12.1 Å². The first-order valence-electron chi connectivity index (χ1n) is 9.15. The molecule has 0 aliphatic heterocycles. The van der Waals surface area contributed by atoms with Gasteiger partial charge in [-0.3, -0.25) is 5.06 Å². The van der Waals surface area contributed by atoms with Crippen LogP contribution in [0.4, 0.5) is 5.69 Å². The van der Waals surface area contributed by atoms with Crippen LogP contribution in [0.2, 0.25) is 19.6 Å². The van der Waals surface area contributed by atoms with E-state index in [-0.39, 0.29) is 6.04 Å². The minimum atomic E-state index is -1.79. The number of hydrogen-bond donors (Lipinski definition) is 0. The highest BCUT2D eigenvalue weighted by Gasteiger charge is 2.28. The van der Waals surface area contributed by atoms with E-state index >= 15 is 0 Å². The van der Waals surface area contributed by atoms with E-state index in [9.17, 15) is 0 Å². The van der Waals surface area contributed by atoms with E-state index in [1.807, 2.05) is 6.07 Å². The molecule has 0 N–H and O–H groups in total. The number of para-hydroxylation sites is 1. The number of anilines is 1. The van der Waals surface area contributed by atoms with Gasteiger partial charge in [-0.2, -0.15) is 0 Å². The number of rotatable bonds is 7. The molecule has 3 aromatic rings. The van der Waals surface area contributed by atoms with Gasteiger partial charge in [-0.25, -0.2) is 0 Å². The topological polar surface area (TPSA) is 12.5 Å². The zero-order valence-electron chi connectivity index (χ0n) is 15.8. The van der Waals surface area contributed by atoms with E-state index in [2.05, 4.69) is 110 Å². The second kappa shape index (κ2) is 8.34. The van der Waals surface area contributed by atoms with Crippen molar-refractivity contribution in [1.82, 2.24) is 0 Å². The average Bonchev–Trinajstić information content (AvgIpc) is 2.66. The average molecular weight is 362 g/mol. The lowest BCUT2D eigenvalue weighted by molar-refractivity contribution is 0.233. The normalized spacial score (nSPS) is 12.6. The van der Waals surface area contributed by atoms with E-state index in [1.165, 1.54) is 11.1 Å². The maximum absolute atomic E-state index is 6.58. The van der Waals surface area contributed by atoms with Crippen molar-refractivity contribution < 1.29 is 4.53 Å². The van der Waals surface area contributed by atoms with Gasteiger partial charge in [0.15, 0.2) is 0 Å². The second-order valence-corrected chi connectivity index (χ2v) is 11.9. The van der Waals surface area contributed by atoms with Gasteiger partial charge >= 0.3 is 0 Å². The molecule has 3 rings (SSSR count). The first-order valence-corrected chi connectivity index (χ1v) is 12.6. The highest BCUT2D eigenvalue weighted by atomic mass is 28.4. The van der Waals surface area contributed by atoms with Crippen molar-refractivity contribution in [2.75, 3.05) is 5.06 Å². The van der Waals surface area contributed by atoms with Gasteiger partial charge in [0.05, 0.1) is 11.7 Å². The Balaban J connectivity index is 2.03. The molecular weight excluding hydrogens is 334 g/mol. The Morgan fingerprint density at radius 3 is 1.77 bits per heavy atom. The molecule has 0 amide bonds. The Morgan fingerprint density at radius 1 is 0.731 bits per heavy atom. The predicted molar refractivity (Wildman–Crippen MR) is 113 cm³/mol. The van der Waals surface area contributed by atoms with Crippen LogP contribution in [-0.2, 0) is 10.9 Å². The van der Waals surface area contributed by atoms with Gasteiger partial charge in [-0.1, -0.05) is 78.9 Å². The third-order valence-corrected chi connectivity index (χ3v) is 4.87. The number of hydrogen-bond acceptors (Lipinski definition) is 2. The van der Waals surface area contributed by atoms with Crippen LogP contribution in [0.15, 0.2) is 91.0 Å². The van der Waals surface area contributed by atoms with Gasteiger partial charge in [0.1, 0.15) is 0 Å². The SMILES string of the molecule is C[Si](C)(C)ON(c1ccccc1)C(Cc1ccccc1)c1ccccc1. The minimum absolute atomic E-state index is 0.118. The van der Waals surface area contributed by atoms with E-state index < -0.39 is 8.32 Å². The molecule has 3 aromatic carbocycles. The molecule has 0 saturated heterocycles. The van der Waals surface area contributed by atoms with Crippen molar-refractivity contribution in [1.29, 1.82) is 0 Å². The molecule has 1 unspecified atom stereocenters. The minimum Gasteiger partial charge on any atom is -0.320 e. The molecule has 0 spiro atoms. The van der Waals surface area contributed by atoms with Crippen molar-refractivity contribution in [3.05, 3.63) is 102 Å². The van der Waals surface area contributed by atoms with E-state index in [1.54, 1.807) is 0 Å². The smallest absolute Gasteiger partial charge is 0.220 e. The van der Waals surface area contributed by atoms with Crippen molar-refractivity contribution in [3.63, 3.8) is 0 Å². The first-order chi connectivity index (χ1) is 12.5. The summed E-state index contributed by atoms with van der Waals surface area (Å²) in [4.78, 5) is 0. The van der Waals surface area contributed by atoms with E-state index in [4.69, 9.17) is 4.53 Å². The molecule has 0 radical (unpaired) electrons. The maximum atomic E-state index is 6.58. The molecule has 134 valence electrons. The van der Waals surface area contributed by atoms with Crippen molar-refractivity contribution in [2.24, 2.45) is 0 Å². The van der Waals surface area contributed by atoms with Gasteiger partial charge in [-0.15, -0.1) is 0 Å². The summed E-state index contributed by atoms with van der Waals surface area (Å²) >= 11 is 0. The third kappa shape index (κ3) is 5.07. The van der Waals surface area contributed by atoms with Gasteiger partial charge < -0.3 is 4.53 Å². The Kier molecular flexibility index (Phi) is 5.91.